The van der Waals surface area contributed by atoms with Crippen molar-refractivity contribution >= 4 is 11.8 Å². The predicted octanol–water partition coefficient (Wildman–Crippen LogP) is 2.65. The van der Waals surface area contributed by atoms with Crippen molar-refractivity contribution in [1.29, 1.82) is 0 Å². The van der Waals surface area contributed by atoms with Crippen molar-refractivity contribution in [1.82, 2.24) is 15.1 Å². The van der Waals surface area contributed by atoms with Gasteiger partial charge in [0, 0.05) is 32.6 Å². The van der Waals surface area contributed by atoms with Crippen molar-refractivity contribution in [3.63, 3.8) is 0 Å². The number of nitrogens with one attached hydrogen (secondary N) is 1. The molecule has 0 aromatic carbocycles. The van der Waals surface area contributed by atoms with Gasteiger partial charge in [-0.25, -0.2) is 0 Å². The maximum atomic E-state index is 12.4. The molecule has 2 fully saturated rings. The standard InChI is InChI=1S/C20H37N3O2/c1-17(2)9-10-19(24)21-15-20(25)23-12-6-11-22(13-14-23)16-18-7-4-3-5-8-18/h17-18H,3-16H2,1-2H3,(H,21,24). The van der Waals surface area contributed by atoms with Crippen LogP contribution in [0.2, 0.25) is 0 Å². The van der Waals surface area contributed by atoms with E-state index in [1.165, 1.54) is 38.6 Å². The highest BCUT2D eigenvalue weighted by Gasteiger charge is 2.22. The van der Waals surface area contributed by atoms with Crippen molar-refractivity contribution in [2.24, 2.45) is 11.8 Å². The Balaban J connectivity index is 1.66. The third kappa shape index (κ3) is 7.76. The van der Waals surface area contributed by atoms with Gasteiger partial charge < -0.3 is 15.1 Å². The van der Waals surface area contributed by atoms with Crippen LogP contribution in [0.5, 0.6) is 0 Å². The monoisotopic (exact) mass is 351 g/mol. The van der Waals surface area contributed by atoms with E-state index >= 15 is 0 Å². The van der Waals surface area contributed by atoms with E-state index < -0.39 is 0 Å². The highest BCUT2D eigenvalue weighted by atomic mass is 16.2. The number of amides is 2. The zero-order valence-corrected chi connectivity index (χ0v) is 16.3. The van der Waals surface area contributed by atoms with E-state index in [0.717, 1.165) is 44.9 Å². The molecule has 1 aliphatic carbocycles. The van der Waals surface area contributed by atoms with E-state index in [0.29, 0.717) is 12.3 Å². The summed E-state index contributed by atoms with van der Waals surface area (Å²) in [6.45, 7) is 9.26. The molecule has 1 saturated heterocycles. The smallest absolute Gasteiger partial charge is 0.242 e. The minimum atomic E-state index is -0.00389. The Labute approximate surface area is 153 Å². The number of carbonyl (C=O) groups is 2. The number of rotatable bonds is 7. The Hall–Kier alpha value is -1.10. The lowest BCUT2D eigenvalue weighted by Gasteiger charge is -2.28. The SMILES string of the molecule is CC(C)CCC(=O)NCC(=O)N1CCCN(CC2CCCCC2)CC1. The highest BCUT2D eigenvalue weighted by molar-refractivity contribution is 5.84. The largest absolute Gasteiger partial charge is 0.347 e. The second-order valence-electron chi connectivity index (χ2n) is 8.25. The molecule has 2 rings (SSSR count). The Morgan fingerprint density at radius 3 is 2.48 bits per heavy atom. The quantitative estimate of drug-likeness (QED) is 0.767. The molecule has 2 aliphatic rings. The van der Waals surface area contributed by atoms with E-state index in [9.17, 15) is 9.59 Å². The highest BCUT2D eigenvalue weighted by Crippen LogP contribution is 2.24. The molecular formula is C20H37N3O2. The maximum absolute atomic E-state index is 12.4. The second kappa shape index (κ2) is 10.8. The minimum Gasteiger partial charge on any atom is -0.347 e. The molecule has 0 aromatic heterocycles. The third-order valence-electron chi connectivity index (χ3n) is 5.57. The van der Waals surface area contributed by atoms with E-state index in [1.807, 2.05) is 4.90 Å². The Morgan fingerprint density at radius 1 is 1.00 bits per heavy atom. The number of carbonyl (C=O) groups excluding carboxylic acids is 2. The number of hydrogen-bond donors (Lipinski definition) is 1. The fourth-order valence-electron chi connectivity index (χ4n) is 3.93. The van der Waals surface area contributed by atoms with Gasteiger partial charge >= 0.3 is 0 Å². The fourth-order valence-corrected chi connectivity index (χ4v) is 3.93. The molecule has 0 spiro atoms. The summed E-state index contributed by atoms with van der Waals surface area (Å²) in [6, 6.07) is 0. The molecule has 0 radical (unpaired) electrons. The van der Waals surface area contributed by atoms with Crippen LogP contribution >= 0.6 is 0 Å². The molecule has 2 amide bonds. The van der Waals surface area contributed by atoms with Crippen molar-refractivity contribution in [2.75, 3.05) is 39.3 Å². The van der Waals surface area contributed by atoms with Gasteiger partial charge in [-0.1, -0.05) is 33.1 Å². The zero-order valence-electron chi connectivity index (χ0n) is 16.3. The molecule has 5 heteroatoms. The Kier molecular flexibility index (Phi) is 8.73. The summed E-state index contributed by atoms with van der Waals surface area (Å²) in [5.41, 5.74) is 0. The van der Waals surface area contributed by atoms with Gasteiger partial charge in [-0.3, -0.25) is 9.59 Å². The Bertz CT molecular complexity index is 419. The fraction of sp³-hybridized carbons (Fsp3) is 0.900. The molecule has 1 heterocycles. The number of nitrogens with zero attached hydrogens (tertiary/aromatic N) is 2. The van der Waals surface area contributed by atoms with Crippen LogP contribution in [0, 0.1) is 11.8 Å². The third-order valence-corrected chi connectivity index (χ3v) is 5.57. The van der Waals surface area contributed by atoms with Gasteiger partial charge in [0.1, 0.15) is 0 Å². The molecular weight excluding hydrogens is 314 g/mol. The molecule has 1 aliphatic heterocycles. The molecule has 1 saturated carbocycles. The summed E-state index contributed by atoms with van der Waals surface area (Å²) < 4.78 is 0. The van der Waals surface area contributed by atoms with E-state index in [4.69, 9.17) is 0 Å². The normalized spacial score (nSPS) is 20.5. The summed E-state index contributed by atoms with van der Waals surface area (Å²) in [7, 11) is 0. The van der Waals surface area contributed by atoms with Crippen LogP contribution in [0.25, 0.3) is 0 Å². The summed E-state index contributed by atoms with van der Waals surface area (Å²) in [5.74, 6) is 1.44. The molecule has 0 unspecified atom stereocenters. The van der Waals surface area contributed by atoms with Gasteiger partial charge in [-0.2, -0.15) is 0 Å². The Morgan fingerprint density at radius 2 is 1.76 bits per heavy atom. The molecule has 25 heavy (non-hydrogen) atoms. The first-order valence-corrected chi connectivity index (χ1v) is 10.3. The van der Waals surface area contributed by atoms with Crippen LogP contribution in [0.15, 0.2) is 0 Å². The van der Waals surface area contributed by atoms with Gasteiger partial charge in [0.15, 0.2) is 0 Å². The van der Waals surface area contributed by atoms with Crippen molar-refractivity contribution in [3.8, 4) is 0 Å². The van der Waals surface area contributed by atoms with Crippen molar-refractivity contribution in [2.45, 2.75) is 65.2 Å². The first-order chi connectivity index (χ1) is 12.0. The lowest BCUT2D eigenvalue weighted by atomic mass is 9.89. The molecule has 0 bridgehead atoms. The summed E-state index contributed by atoms with van der Waals surface area (Å²) in [6.07, 6.45) is 9.36. The average Bonchev–Trinajstić information content (AvgIpc) is 2.84. The zero-order chi connectivity index (χ0) is 18.1. The van der Waals surface area contributed by atoms with Crippen LogP contribution < -0.4 is 5.32 Å². The van der Waals surface area contributed by atoms with Crippen LogP contribution in [0.1, 0.15) is 65.2 Å². The van der Waals surface area contributed by atoms with Crippen molar-refractivity contribution in [3.05, 3.63) is 0 Å². The first kappa shape index (κ1) is 20.2. The first-order valence-electron chi connectivity index (χ1n) is 10.3. The average molecular weight is 352 g/mol. The molecule has 5 nitrogen and oxygen atoms in total. The molecule has 0 aromatic rings. The summed E-state index contributed by atoms with van der Waals surface area (Å²) in [5, 5.41) is 2.79. The molecule has 0 atom stereocenters. The van der Waals surface area contributed by atoms with E-state index in [2.05, 4.69) is 24.1 Å². The van der Waals surface area contributed by atoms with Crippen LogP contribution in [-0.4, -0.2) is 60.9 Å². The predicted molar refractivity (Wildman–Crippen MR) is 101 cm³/mol. The van der Waals surface area contributed by atoms with E-state index in [1.54, 1.807) is 0 Å². The lowest BCUT2D eigenvalue weighted by Crippen LogP contribution is -2.42. The van der Waals surface area contributed by atoms with Crippen LogP contribution in [0.3, 0.4) is 0 Å². The van der Waals surface area contributed by atoms with Gasteiger partial charge in [0.2, 0.25) is 11.8 Å². The number of hydrogen-bond acceptors (Lipinski definition) is 3. The van der Waals surface area contributed by atoms with Crippen molar-refractivity contribution < 1.29 is 9.59 Å². The van der Waals surface area contributed by atoms with E-state index in [-0.39, 0.29) is 18.4 Å². The summed E-state index contributed by atoms with van der Waals surface area (Å²) in [4.78, 5) is 28.6. The minimum absolute atomic E-state index is 0.00389. The van der Waals surface area contributed by atoms with Gasteiger partial charge in [0.05, 0.1) is 6.54 Å². The topological polar surface area (TPSA) is 52.7 Å². The molecule has 1 N–H and O–H groups in total. The van der Waals surface area contributed by atoms with Gasteiger partial charge in [0.25, 0.3) is 0 Å². The molecule has 144 valence electrons. The maximum Gasteiger partial charge on any atom is 0.242 e. The van der Waals surface area contributed by atoms with Gasteiger partial charge in [-0.05, 0) is 44.1 Å². The lowest BCUT2D eigenvalue weighted by molar-refractivity contribution is -0.132. The second-order valence-corrected chi connectivity index (χ2v) is 8.25. The van der Waals surface area contributed by atoms with Crippen LogP contribution in [0.4, 0.5) is 0 Å². The van der Waals surface area contributed by atoms with Crippen LogP contribution in [-0.2, 0) is 9.59 Å². The van der Waals surface area contributed by atoms with Gasteiger partial charge in [-0.15, -0.1) is 0 Å². The summed E-state index contributed by atoms with van der Waals surface area (Å²) >= 11 is 0.